The number of nitrogens with one attached hydrogen (secondary N) is 1. The summed E-state index contributed by atoms with van der Waals surface area (Å²) in [6, 6.07) is 16.6. The van der Waals surface area contributed by atoms with Crippen LogP contribution in [0.25, 0.3) is 0 Å². The van der Waals surface area contributed by atoms with Crippen molar-refractivity contribution in [3.05, 3.63) is 71.7 Å². The summed E-state index contributed by atoms with van der Waals surface area (Å²) < 4.78 is 5.16. The van der Waals surface area contributed by atoms with Crippen LogP contribution in [-0.2, 0) is 16.1 Å². The van der Waals surface area contributed by atoms with Gasteiger partial charge in [0.25, 0.3) is 0 Å². The average Bonchev–Trinajstić information content (AvgIpc) is 3.22. The Labute approximate surface area is 161 Å². The van der Waals surface area contributed by atoms with Gasteiger partial charge in [0.05, 0.1) is 12.8 Å². The van der Waals surface area contributed by atoms with E-state index < -0.39 is 0 Å². The third-order valence-corrected chi connectivity index (χ3v) is 4.59. The van der Waals surface area contributed by atoms with Crippen molar-refractivity contribution >= 4 is 34.0 Å². The molecular weight excluding hydrogens is 362 g/mol. The molecule has 2 aromatic carbocycles. The highest BCUT2D eigenvalue weighted by Gasteiger charge is 2.22. The zero-order chi connectivity index (χ0) is 19.1. The Bertz CT molecular complexity index is 881. The van der Waals surface area contributed by atoms with Crippen LogP contribution >= 0.6 is 11.3 Å². The van der Waals surface area contributed by atoms with E-state index in [-0.39, 0.29) is 18.2 Å². The topological polar surface area (TPSA) is 71.5 Å². The molecule has 0 saturated carbocycles. The molecule has 0 bridgehead atoms. The van der Waals surface area contributed by atoms with Crippen molar-refractivity contribution in [1.29, 1.82) is 0 Å². The van der Waals surface area contributed by atoms with Crippen LogP contribution in [0.1, 0.15) is 12.0 Å². The van der Waals surface area contributed by atoms with Crippen LogP contribution in [0.4, 0.5) is 10.8 Å². The molecule has 0 atom stereocenters. The molecule has 7 heteroatoms. The normalized spacial score (nSPS) is 10.3. The number of anilines is 2. The molecule has 27 heavy (non-hydrogen) atoms. The quantitative estimate of drug-likeness (QED) is 0.636. The predicted molar refractivity (Wildman–Crippen MR) is 105 cm³/mol. The van der Waals surface area contributed by atoms with Gasteiger partial charge in [0, 0.05) is 18.1 Å². The third kappa shape index (κ3) is 4.92. The lowest BCUT2D eigenvalue weighted by Crippen LogP contribution is -2.32. The van der Waals surface area contributed by atoms with E-state index in [2.05, 4.69) is 10.3 Å². The molecule has 3 aromatic rings. The van der Waals surface area contributed by atoms with Gasteiger partial charge in [-0.25, -0.2) is 4.98 Å². The molecule has 0 fully saturated rings. The SMILES string of the molecule is COc1ccc(N(C(=O)CC(=O)NCc2ccccc2)c2nccs2)cc1. The number of hydrogen-bond donors (Lipinski definition) is 1. The maximum Gasteiger partial charge on any atom is 0.242 e. The van der Waals surface area contributed by atoms with Crippen molar-refractivity contribution in [3.63, 3.8) is 0 Å². The maximum absolute atomic E-state index is 12.8. The lowest BCUT2D eigenvalue weighted by atomic mass is 10.2. The van der Waals surface area contributed by atoms with Gasteiger partial charge in [-0.1, -0.05) is 30.3 Å². The Balaban J connectivity index is 1.70. The summed E-state index contributed by atoms with van der Waals surface area (Å²) in [7, 11) is 1.58. The van der Waals surface area contributed by atoms with Gasteiger partial charge in [-0.15, -0.1) is 11.3 Å². The molecule has 0 saturated heterocycles. The van der Waals surface area contributed by atoms with E-state index in [0.717, 1.165) is 5.56 Å². The van der Waals surface area contributed by atoms with Crippen LogP contribution in [0.15, 0.2) is 66.2 Å². The number of carbonyl (C=O) groups is 2. The summed E-state index contributed by atoms with van der Waals surface area (Å²) in [4.78, 5) is 30.7. The Hall–Kier alpha value is -3.19. The van der Waals surface area contributed by atoms with Crippen molar-refractivity contribution in [3.8, 4) is 5.75 Å². The van der Waals surface area contributed by atoms with E-state index in [1.165, 1.54) is 16.2 Å². The third-order valence-electron chi connectivity index (χ3n) is 3.83. The summed E-state index contributed by atoms with van der Waals surface area (Å²) >= 11 is 1.33. The molecule has 0 radical (unpaired) electrons. The second-order valence-electron chi connectivity index (χ2n) is 5.68. The van der Waals surface area contributed by atoms with E-state index in [4.69, 9.17) is 4.74 Å². The molecule has 0 aliphatic heterocycles. The highest BCUT2D eigenvalue weighted by Crippen LogP contribution is 2.29. The number of hydrogen-bond acceptors (Lipinski definition) is 5. The van der Waals surface area contributed by atoms with E-state index in [1.807, 2.05) is 30.3 Å². The van der Waals surface area contributed by atoms with E-state index in [0.29, 0.717) is 23.1 Å². The van der Waals surface area contributed by atoms with Gasteiger partial charge >= 0.3 is 0 Å². The van der Waals surface area contributed by atoms with Crippen molar-refractivity contribution in [2.75, 3.05) is 12.0 Å². The molecule has 2 amide bonds. The van der Waals surface area contributed by atoms with Gasteiger partial charge in [-0.05, 0) is 29.8 Å². The van der Waals surface area contributed by atoms with Crippen LogP contribution in [0.5, 0.6) is 5.75 Å². The highest BCUT2D eigenvalue weighted by atomic mass is 32.1. The lowest BCUT2D eigenvalue weighted by Gasteiger charge is -2.20. The molecule has 138 valence electrons. The molecule has 1 N–H and O–H groups in total. The fraction of sp³-hybridized carbons (Fsp3) is 0.150. The Morgan fingerprint density at radius 1 is 1.11 bits per heavy atom. The first-order chi connectivity index (χ1) is 13.2. The van der Waals surface area contributed by atoms with Crippen LogP contribution in [0, 0.1) is 0 Å². The molecule has 1 aromatic heterocycles. The van der Waals surface area contributed by atoms with Crippen LogP contribution < -0.4 is 15.0 Å². The van der Waals surface area contributed by atoms with Gasteiger partial charge in [0.1, 0.15) is 12.2 Å². The van der Waals surface area contributed by atoms with Gasteiger partial charge < -0.3 is 10.1 Å². The Morgan fingerprint density at radius 2 is 1.85 bits per heavy atom. The van der Waals surface area contributed by atoms with Gasteiger partial charge in [-0.2, -0.15) is 0 Å². The van der Waals surface area contributed by atoms with E-state index in [1.54, 1.807) is 43.0 Å². The largest absolute Gasteiger partial charge is 0.497 e. The second-order valence-corrected chi connectivity index (χ2v) is 6.55. The number of amides is 2. The van der Waals surface area contributed by atoms with Crippen molar-refractivity contribution in [1.82, 2.24) is 10.3 Å². The van der Waals surface area contributed by atoms with E-state index >= 15 is 0 Å². The highest BCUT2D eigenvalue weighted by molar-refractivity contribution is 7.13. The standard InChI is InChI=1S/C20H19N3O3S/c1-26-17-9-7-16(8-10-17)23(20-21-11-12-27-20)19(25)13-18(24)22-14-15-5-3-2-4-6-15/h2-12H,13-14H2,1H3,(H,22,24). The first-order valence-corrected chi connectivity index (χ1v) is 9.22. The average molecular weight is 381 g/mol. The predicted octanol–water partition coefficient (Wildman–Crippen LogP) is 3.52. The number of aromatic nitrogens is 1. The first kappa shape index (κ1) is 18.6. The van der Waals surface area contributed by atoms with Crippen molar-refractivity contribution in [2.45, 2.75) is 13.0 Å². The monoisotopic (exact) mass is 381 g/mol. The van der Waals surface area contributed by atoms with Gasteiger partial charge in [0.2, 0.25) is 11.8 Å². The van der Waals surface area contributed by atoms with Crippen LogP contribution in [-0.4, -0.2) is 23.9 Å². The Morgan fingerprint density at radius 3 is 2.48 bits per heavy atom. The minimum absolute atomic E-state index is 0.265. The molecule has 0 aliphatic rings. The zero-order valence-electron chi connectivity index (χ0n) is 14.8. The molecule has 1 heterocycles. The summed E-state index contributed by atoms with van der Waals surface area (Å²) in [5.41, 5.74) is 1.61. The number of nitrogens with zero attached hydrogens (tertiary/aromatic N) is 2. The minimum Gasteiger partial charge on any atom is -0.497 e. The minimum atomic E-state index is -0.347. The number of carbonyl (C=O) groups excluding carboxylic acids is 2. The van der Waals surface area contributed by atoms with Crippen molar-refractivity contribution in [2.24, 2.45) is 0 Å². The summed E-state index contributed by atoms with van der Waals surface area (Å²) in [5.74, 6) is 0.00508. The fourth-order valence-electron chi connectivity index (χ4n) is 2.49. The number of thiazole rings is 1. The summed E-state index contributed by atoms with van der Waals surface area (Å²) in [6.45, 7) is 0.382. The molecule has 0 aliphatic carbocycles. The maximum atomic E-state index is 12.8. The molecule has 0 spiro atoms. The summed E-state index contributed by atoms with van der Waals surface area (Å²) in [5, 5.41) is 5.08. The van der Waals surface area contributed by atoms with Crippen LogP contribution in [0.2, 0.25) is 0 Å². The number of benzene rings is 2. The summed E-state index contributed by atoms with van der Waals surface area (Å²) in [6.07, 6.45) is 1.36. The van der Waals surface area contributed by atoms with Crippen molar-refractivity contribution < 1.29 is 14.3 Å². The molecular formula is C20H19N3O3S. The number of ether oxygens (including phenoxy) is 1. The first-order valence-electron chi connectivity index (χ1n) is 8.34. The van der Waals surface area contributed by atoms with Gasteiger partial charge in [-0.3, -0.25) is 14.5 Å². The lowest BCUT2D eigenvalue weighted by molar-refractivity contribution is -0.127. The fourth-order valence-corrected chi connectivity index (χ4v) is 3.17. The van der Waals surface area contributed by atoms with Crippen LogP contribution in [0.3, 0.4) is 0 Å². The molecule has 0 unspecified atom stereocenters. The van der Waals surface area contributed by atoms with E-state index in [9.17, 15) is 9.59 Å². The van der Waals surface area contributed by atoms with Gasteiger partial charge in [0.15, 0.2) is 5.13 Å². The smallest absolute Gasteiger partial charge is 0.242 e. The molecule has 3 rings (SSSR count). The number of methoxy groups -OCH3 is 1. The number of rotatable bonds is 7. The zero-order valence-corrected chi connectivity index (χ0v) is 15.6. The Kier molecular flexibility index (Phi) is 6.17. The second kappa shape index (κ2) is 8.95. The molecule has 6 nitrogen and oxygen atoms in total.